The van der Waals surface area contributed by atoms with Crippen LogP contribution >= 0.6 is 23.2 Å². The molecule has 0 aliphatic carbocycles. The highest BCUT2D eigenvalue weighted by Gasteiger charge is 2.15. The maximum Gasteiger partial charge on any atom is 0.166 e. The summed E-state index contributed by atoms with van der Waals surface area (Å²) in [6.45, 7) is 3.67. The quantitative estimate of drug-likeness (QED) is 0.889. The SMILES string of the molecule is Cc1cc(Cl)c(NCc2cccc3c2OCCO3)cc1Cl. The molecule has 2 aromatic carbocycles. The molecule has 0 atom stereocenters. The Balaban J connectivity index is 1.81. The zero-order chi connectivity index (χ0) is 14.8. The predicted molar refractivity (Wildman–Crippen MR) is 86.0 cm³/mol. The Bertz CT molecular complexity index is 674. The van der Waals surface area contributed by atoms with E-state index in [-0.39, 0.29) is 0 Å². The van der Waals surface area contributed by atoms with E-state index in [2.05, 4.69) is 5.32 Å². The Morgan fingerprint density at radius 1 is 1.10 bits per heavy atom. The van der Waals surface area contributed by atoms with Crippen molar-refractivity contribution in [1.82, 2.24) is 0 Å². The molecule has 0 amide bonds. The maximum atomic E-state index is 6.23. The van der Waals surface area contributed by atoms with Crippen molar-refractivity contribution in [2.24, 2.45) is 0 Å². The zero-order valence-electron chi connectivity index (χ0n) is 11.6. The molecule has 110 valence electrons. The lowest BCUT2D eigenvalue weighted by Gasteiger charge is -2.21. The fourth-order valence-corrected chi connectivity index (χ4v) is 2.69. The van der Waals surface area contributed by atoms with Crippen molar-refractivity contribution in [2.45, 2.75) is 13.5 Å². The van der Waals surface area contributed by atoms with E-state index in [0.29, 0.717) is 29.8 Å². The fourth-order valence-electron chi connectivity index (χ4n) is 2.25. The van der Waals surface area contributed by atoms with E-state index in [1.807, 2.05) is 37.3 Å². The topological polar surface area (TPSA) is 30.5 Å². The van der Waals surface area contributed by atoms with E-state index in [1.165, 1.54) is 0 Å². The first-order valence-corrected chi connectivity index (χ1v) is 7.48. The minimum absolute atomic E-state index is 0.571. The number of para-hydroxylation sites is 1. The first-order valence-electron chi connectivity index (χ1n) is 6.72. The lowest BCUT2D eigenvalue weighted by Crippen LogP contribution is -2.17. The summed E-state index contributed by atoms with van der Waals surface area (Å²) in [6, 6.07) is 9.56. The van der Waals surface area contributed by atoms with E-state index in [1.54, 1.807) is 0 Å². The average Bonchev–Trinajstić information content (AvgIpc) is 2.49. The molecule has 1 heterocycles. The summed E-state index contributed by atoms with van der Waals surface area (Å²) in [6.07, 6.45) is 0. The van der Waals surface area contributed by atoms with Crippen LogP contribution < -0.4 is 14.8 Å². The molecule has 3 rings (SSSR count). The van der Waals surface area contributed by atoms with Crippen molar-refractivity contribution >= 4 is 28.9 Å². The van der Waals surface area contributed by atoms with E-state index in [9.17, 15) is 0 Å². The van der Waals surface area contributed by atoms with Gasteiger partial charge in [-0.2, -0.15) is 0 Å². The van der Waals surface area contributed by atoms with Crippen LogP contribution in [0.3, 0.4) is 0 Å². The molecule has 0 unspecified atom stereocenters. The van der Waals surface area contributed by atoms with Crippen LogP contribution in [0.25, 0.3) is 0 Å². The van der Waals surface area contributed by atoms with Crippen molar-refractivity contribution in [2.75, 3.05) is 18.5 Å². The molecule has 0 bridgehead atoms. The van der Waals surface area contributed by atoms with Crippen LogP contribution in [0.2, 0.25) is 10.0 Å². The van der Waals surface area contributed by atoms with Gasteiger partial charge in [0.2, 0.25) is 0 Å². The molecule has 3 nitrogen and oxygen atoms in total. The van der Waals surface area contributed by atoms with Crippen LogP contribution in [-0.2, 0) is 6.54 Å². The number of hydrogen-bond donors (Lipinski definition) is 1. The van der Waals surface area contributed by atoms with Gasteiger partial charge in [0.25, 0.3) is 0 Å². The van der Waals surface area contributed by atoms with Crippen LogP contribution in [-0.4, -0.2) is 13.2 Å². The summed E-state index contributed by atoms with van der Waals surface area (Å²) < 4.78 is 11.3. The smallest absolute Gasteiger partial charge is 0.166 e. The number of benzene rings is 2. The van der Waals surface area contributed by atoms with Crippen LogP contribution in [0.1, 0.15) is 11.1 Å². The molecule has 0 aromatic heterocycles. The van der Waals surface area contributed by atoms with Crippen LogP contribution in [0.15, 0.2) is 30.3 Å². The Kier molecular flexibility index (Phi) is 4.13. The van der Waals surface area contributed by atoms with E-state index < -0.39 is 0 Å². The monoisotopic (exact) mass is 323 g/mol. The molecule has 5 heteroatoms. The molecule has 1 aliphatic heterocycles. The second-order valence-corrected chi connectivity index (χ2v) is 5.69. The van der Waals surface area contributed by atoms with Gasteiger partial charge in [-0.1, -0.05) is 35.3 Å². The normalized spacial score (nSPS) is 13.1. The molecule has 1 aliphatic rings. The highest BCUT2D eigenvalue weighted by atomic mass is 35.5. The molecular weight excluding hydrogens is 309 g/mol. The van der Waals surface area contributed by atoms with Crippen molar-refractivity contribution in [3.63, 3.8) is 0 Å². The fraction of sp³-hybridized carbons (Fsp3) is 0.250. The Morgan fingerprint density at radius 2 is 1.90 bits per heavy atom. The summed E-state index contributed by atoms with van der Waals surface area (Å²) in [5.41, 5.74) is 2.79. The third-order valence-corrected chi connectivity index (χ3v) is 4.09. The van der Waals surface area contributed by atoms with Gasteiger partial charge in [0, 0.05) is 17.1 Å². The third kappa shape index (κ3) is 3.04. The number of anilines is 1. The third-order valence-electron chi connectivity index (χ3n) is 3.37. The number of hydrogen-bond acceptors (Lipinski definition) is 3. The first-order chi connectivity index (χ1) is 10.1. The molecule has 0 saturated heterocycles. The van der Waals surface area contributed by atoms with Gasteiger partial charge in [-0.25, -0.2) is 0 Å². The summed E-state index contributed by atoms with van der Waals surface area (Å²) in [4.78, 5) is 0. The second-order valence-electron chi connectivity index (χ2n) is 4.88. The molecule has 0 fully saturated rings. The number of fused-ring (bicyclic) bond motifs is 1. The lowest BCUT2D eigenvalue weighted by atomic mass is 10.1. The highest BCUT2D eigenvalue weighted by molar-refractivity contribution is 6.35. The van der Waals surface area contributed by atoms with Gasteiger partial charge in [0.15, 0.2) is 11.5 Å². The largest absolute Gasteiger partial charge is 0.486 e. The van der Waals surface area contributed by atoms with Gasteiger partial charge in [-0.05, 0) is 30.7 Å². The van der Waals surface area contributed by atoms with E-state index >= 15 is 0 Å². The molecule has 0 radical (unpaired) electrons. The van der Waals surface area contributed by atoms with Gasteiger partial charge in [0.1, 0.15) is 13.2 Å². The van der Waals surface area contributed by atoms with Crippen molar-refractivity contribution in [1.29, 1.82) is 0 Å². The molecule has 2 aromatic rings. The molecule has 21 heavy (non-hydrogen) atoms. The Labute approximate surface area is 133 Å². The number of halogens is 2. The lowest BCUT2D eigenvalue weighted by molar-refractivity contribution is 0.170. The molecule has 0 spiro atoms. The van der Waals surface area contributed by atoms with E-state index in [4.69, 9.17) is 32.7 Å². The van der Waals surface area contributed by atoms with Crippen LogP contribution in [0.4, 0.5) is 5.69 Å². The standard InChI is InChI=1S/C16H15Cl2NO2/c1-10-7-13(18)14(8-12(10)17)19-9-11-3-2-4-15-16(11)21-6-5-20-15/h2-4,7-8,19H,5-6,9H2,1H3. The van der Waals surface area contributed by atoms with Gasteiger partial charge in [0.05, 0.1) is 10.7 Å². The summed E-state index contributed by atoms with van der Waals surface area (Å²) in [7, 11) is 0. The Hall–Kier alpha value is -1.58. The molecular formula is C16H15Cl2NO2. The second kappa shape index (κ2) is 6.04. The summed E-state index contributed by atoms with van der Waals surface area (Å²) >= 11 is 12.4. The Morgan fingerprint density at radius 3 is 2.76 bits per heavy atom. The van der Waals surface area contributed by atoms with Crippen molar-refractivity contribution in [3.05, 3.63) is 51.5 Å². The molecule has 0 saturated carbocycles. The van der Waals surface area contributed by atoms with Gasteiger partial charge >= 0.3 is 0 Å². The van der Waals surface area contributed by atoms with Gasteiger partial charge in [-0.15, -0.1) is 0 Å². The zero-order valence-corrected chi connectivity index (χ0v) is 13.1. The van der Waals surface area contributed by atoms with Crippen LogP contribution in [0, 0.1) is 6.92 Å². The van der Waals surface area contributed by atoms with Gasteiger partial charge < -0.3 is 14.8 Å². The van der Waals surface area contributed by atoms with Gasteiger partial charge in [-0.3, -0.25) is 0 Å². The number of aryl methyl sites for hydroxylation is 1. The number of rotatable bonds is 3. The van der Waals surface area contributed by atoms with Crippen molar-refractivity contribution in [3.8, 4) is 11.5 Å². The first kappa shape index (κ1) is 14.4. The van der Waals surface area contributed by atoms with Crippen molar-refractivity contribution < 1.29 is 9.47 Å². The highest BCUT2D eigenvalue weighted by Crippen LogP contribution is 2.35. The minimum Gasteiger partial charge on any atom is -0.486 e. The predicted octanol–water partition coefficient (Wildman–Crippen LogP) is 4.69. The number of ether oxygens (including phenoxy) is 2. The van der Waals surface area contributed by atoms with Crippen LogP contribution in [0.5, 0.6) is 11.5 Å². The number of nitrogens with one attached hydrogen (secondary N) is 1. The summed E-state index contributed by atoms with van der Waals surface area (Å²) in [5, 5.41) is 4.64. The maximum absolute atomic E-state index is 6.23. The summed E-state index contributed by atoms with van der Waals surface area (Å²) in [5.74, 6) is 1.58. The molecule has 1 N–H and O–H groups in total. The minimum atomic E-state index is 0.571. The average molecular weight is 324 g/mol. The van der Waals surface area contributed by atoms with E-state index in [0.717, 1.165) is 28.3 Å².